The molecule has 1 unspecified atom stereocenters. The molecular weight excluding hydrogens is 318 g/mol. The molecule has 1 aliphatic heterocycles. The first kappa shape index (κ1) is 15.3. The normalized spacial score (nSPS) is 17.0. The Bertz CT molecular complexity index is 792. The molecule has 1 atom stereocenters. The van der Waals surface area contributed by atoms with Gasteiger partial charge in [-0.25, -0.2) is 0 Å². The zero-order valence-electron chi connectivity index (χ0n) is 12.2. The molecule has 1 aromatic carbocycles. The second-order valence-electron chi connectivity index (χ2n) is 5.10. The number of benzene rings is 1. The van der Waals surface area contributed by atoms with E-state index in [1.807, 2.05) is 0 Å². The van der Waals surface area contributed by atoms with Gasteiger partial charge in [0.15, 0.2) is 6.23 Å². The Labute approximate surface area is 137 Å². The van der Waals surface area contributed by atoms with E-state index in [1.165, 1.54) is 17.3 Å². The fraction of sp³-hybridized carbons (Fsp3) is 0.125. The quantitative estimate of drug-likeness (QED) is 0.785. The van der Waals surface area contributed by atoms with Gasteiger partial charge in [0.2, 0.25) is 0 Å². The van der Waals surface area contributed by atoms with Crippen LogP contribution in [0.15, 0.2) is 48.4 Å². The number of pyridine rings is 1. The van der Waals surface area contributed by atoms with Gasteiger partial charge in [0.25, 0.3) is 5.91 Å². The molecule has 3 rings (SSSR count). The summed E-state index contributed by atoms with van der Waals surface area (Å²) in [6, 6.07) is 7.98. The van der Waals surface area contributed by atoms with Crippen LogP contribution in [0.3, 0.4) is 0 Å². The fourth-order valence-electron chi connectivity index (χ4n) is 2.41. The van der Waals surface area contributed by atoms with E-state index in [4.69, 9.17) is 11.6 Å². The molecule has 0 saturated heterocycles. The van der Waals surface area contributed by atoms with Crippen molar-refractivity contribution in [2.75, 3.05) is 11.9 Å². The van der Waals surface area contributed by atoms with Crippen molar-refractivity contribution in [2.24, 2.45) is 0 Å². The molecule has 1 aliphatic rings. The first-order valence-electron chi connectivity index (χ1n) is 6.84. The maximum atomic E-state index is 12.2. The average Bonchev–Trinajstić information content (AvgIpc) is 2.57. The molecule has 23 heavy (non-hydrogen) atoms. The third-order valence-electron chi connectivity index (χ3n) is 3.67. The van der Waals surface area contributed by atoms with Crippen molar-refractivity contribution in [2.45, 2.75) is 6.23 Å². The van der Waals surface area contributed by atoms with Crippen molar-refractivity contribution in [3.8, 4) is 0 Å². The number of likely N-dealkylation sites (N-methyl/N-ethyl adjacent to an activating group) is 1. The number of aliphatic hydroxyl groups is 2. The minimum atomic E-state index is -1.20. The highest BCUT2D eigenvalue weighted by molar-refractivity contribution is 6.31. The van der Waals surface area contributed by atoms with E-state index in [0.29, 0.717) is 21.8 Å². The van der Waals surface area contributed by atoms with Crippen LogP contribution >= 0.6 is 11.6 Å². The van der Waals surface area contributed by atoms with Crippen LogP contribution in [-0.2, 0) is 0 Å². The number of nitrogens with one attached hydrogen (secondary N) is 1. The summed E-state index contributed by atoms with van der Waals surface area (Å²) in [6.45, 7) is 0. The SMILES string of the molecule is CN1c2cc(Cl)ccc2C(O)=C(NC(=O)c2ccncc2)C1O. The van der Waals surface area contributed by atoms with Gasteiger partial charge in [0.05, 0.1) is 5.69 Å². The highest BCUT2D eigenvalue weighted by atomic mass is 35.5. The maximum absolute atomic E-state index is 12.2. The summed E-state index contributed by atoms with van der Waals surface area (Å²) in [5.74, 6) is -0.636. The molecule has 7 heteroatoms. The molecule has 1 amide bonds. The summed E-state index contributed by atoms with van der Waals surface area (Å²) in [4.78, 5) is 17.6. The molecule has 2 heterocycles. The molecule has 2 aromatic rings. The van der Waals surface area contributed by atoms with Gasteiger partial charge >= 0.3 is 0 Å². The van der Waals surface area contributed by atoms with E-state index in [-0.39, 0.29) is 11.5 Å². The van der Waals surface area contributed by atoms with E-state index in [1.54, 1.807) is 37.4 Å². The monoisotopic (exact) mass is 331 g/mol. The van der Waals surface area contributed by atoms with E-state index in [2.05, 4.69) is 10.3 Å². The third kappa shape index (κ3) is 2.74. The Hall–Kier alpha value is -2.57. The summed E-state index contributed by atoms with van der Waals surface area (Å²) < 4.78 is 0. The number of hydrogen-bond donors (Lipinski definition) is 3. The number of amides is 1. The molecule has 3 N–H and O–H groups in total. The van der Waals surface area contributed by atoms with Crippen molar-refractivity contribution in [3.63, 3.8) is 0 Å². The largest absolute Gasteiger partial charge is 0.505 e. The van der Waals surface area contributed by atoms with E-state index in [0.717, 1.165) is 0 Å². The number of nitrogens with zero attached hydrogens (tertiary/aromatic N) is 2. The topological polar surface area (TPSA) is 85.7 Å². The maximum Gasteiger partial charge on any atom is 0.255 e. The van der Waals surface area contributed by atoms with Crippen LogP contribution in [0.4, 0.5) is 5.69 Å². The molecule has 0 aliphatic carbocycles. The van der Waals surface area contributed by atoms with Crippen LogP contribution in [0, 0.1) is 0 Å². The number of aliphatic hydroxyl groups excluding tert-OH is 2. The van der Waals surface area contributed by atoms with E-state index in [9.17, 15) is 15.0 Å². The molecule has 0 radical (unpaired) electrons. The number of carbonyl (C=O) groups is 1. The lowest BCUT2D eigenvalue weighted by molar-refractivity contribution is 0.0945. The first-order chi connectivity index (χ1) is 11.0. The Balaban J connectivity index is 1.99. The second kappa shape index (κ2) is 5.91. The van der Waals surface area contributed by atoms with Crippen LogP contribution < -0.4 is 10.2 Å². The molecule has 0 fully saturated rings. The van der Waals surface area contributed by atoms with E-state index < -0.39 is 12.1 Å². The average molecular weight is 332 g/mol. The lowest BCUT2D eigenvalue weighted by atomic mass is 10.0. The predicted molar refractivity (Wildman–Crippen MR) is 87.1 cm³/mol. The standard InChI is InChI=1S/C16H14ClN3O3/c1-20-12-8-10(17)2-3-11(12)14(21)13(16(20)23)19-15(22)9-4-6-18-7-5-9/h2-8,16,21,23H,1H3,(H,19,22). The van der Waals surface area contributed by atoms with E-state index >= 15 is 0 Å². The Morgan fingerprint density at radius 3 is 2.70 bits per heavy atom. The first-order valence-corrected chi connectivity index (χ1v) is 7.22. The number of hydrogen-bond acceptors (Lipinski definition) is 5. The number of aromatic nitrogens is 1. The van der Waals surface area contributed by atoms with Gasteiger partial charge in [-0.1, -0.05) is 11.6 Å². The summed E-state index contributed by atoms with van der Waals surface area (Å²) in [5.41, 5.74) is 1.44. The van der Waals surface area contributed by atoms with Crippen molar-refractivity contribution < 1.29 is 15.0 Å². The fourth-order valence-corrected chi connectivity index (χ4v) is 2.58. The van der Waals surface area contributed by atoms with Gasteiger partial charge in [-0.15, -0.1) is 0 Å². The molecule has 6 nitrogen and oxygen atoms in total. The molecule has 118 valence electrons. The van der Waals surface area contributed by atoms with Gasteiger partial charge in [-0.2, -0.15) is 0 Å². The van der Waals surface area contributed by atoms with Crippen LogP contribution in [0.25, 0.3) is 5.76 Å². The minimum absolute atomic E-state index is 0.0177. The van der Waals surface area contributed by atoms with Crippen LogP contribution in [0.1, 0.15) is 15.9 Å². The Morgan fingerprint density at radius 2 is 2.00 bits per heavy atom. The molecule has 0 spiro atoms. The van der Waals surface area contributed by atoms with Crippen molar-refractivity contribution in [3.05, 3.63) is 64.6 Å². The van der Waals surface area contributed by atoms with Gasteiger partial charge in [-0.05, 0) is 30.3 Å². The smallest absolute Gasteiger partial charge is 0.255 e. The number of fused-ring (bicyclic) bond motifs is 1. The molecule has 1 aromatic heterocycles. The van der Waals surface area contributed by atoms with Crippen LogP contribution in [0.2, 0.25) is 5.02 Å². The van der Waals surface area contributed by atoms with Gasteiger partial charge in [0, 0.05) is 35.6 Å². The van der Waals surface area contributed by atoms with Gasteiger partial charge < -0.3 is 20.4 Å². The minimum Gasteiger partial charge on any atom is -0.505 e. The summed E-state index contributed by atoms with van der Waals surface area (Å²) in [6.07, 6.45) is 1.78. The lowest BCUT2D eigenvalue weighted by Gasteiger charge is -2.34. The third-order valence-corrected chi connectivity index (χ3v) is 3.90. The molecular formula is C16H14ClN3O3. The van der Waals surface area contributed by atoms with Crippen molar-refractivity contribution in [1.82, 2.24) is 10.3 Å². The Morgan fingerprint density at radius 1 is 1.30 bits per heavy atom. The summed E-state index contributed by atoms with van der Waals surface area (Å²) in [5, 5.41) is 23.8. The van der Waals surface area contributed by atoms with Crippen LogP contribution in [-0.4, -0.2) is 34.4 Å². The number of anilines is 1. The van der Waals surface area contributed by atoms with Gasteiger partial charge in [0.1, 0.15) is 11.5 Å². The predicted octanol–water partition coefficient (Wildman–Crippen LogP) is 2.16. The summed E-state index contributed by atoms with van der Waals surface area (Å²) >= 11 is 5.96. The number of rotatable bonds is 2. The zero-order valence-corrected chi connectivity index (χ0v) is 12.9. The molecule has 0 bridgehead atoms. The summed E-state index contributed by atoms with van der Waals surface area (Å²) in [7, 11) is 1.64. The van der Waals surface area contributed by atoms with Gasteiger partial charge in [-0.3, -0.25) is 9.78 Å². The van der Waals surface area contributed by atoms with Crippen LogP contribution in [0.5, 0.6) is 0 Å². The molecule has 0 saturated carbocycles. The second-order valence-corrected chi connectivity index (χ2v) is 5.53. The zero-order chi connectivity index (χ0) is 16.6. The highest BCUT2D eigenvalue weighted by Crippen LogP contribution is 2.36. The number of halogens is 1. The Kier molecular flexibility index (Phi) is 3.94. The highest BCUT2D eigenvalue weighted by Gasteiger charge is 2.31. The number of carbonyl (C=O) groups excluding carboxylic acids is 1. The lowest BCUT2D eigenvalue weighted by Crippen LogP contribution is -2.43. The van der Waals surface area contributed by atoms with Crippen molar-refractivity contribution >= 4 is 29.0 Å². The van der Waals surface area contributed by atoms with Crippen molar-refractivity contribution in [1.29, 1.82) is 0 Å².